The van der Waals surface area contributed by atoms with Gasteiger partial charge in [-0.25, -0.2) is 0 Å². The molecule has 1 rings (SSSR count). The molecule has 0 aliphatic carbocycles. The first-order valence-corrected chi connectivity index (χ1v) is 5.81. The Hall–Kier alpha value is -0.430. The molecule has 1 atom stereocenters. The van der Waals surface area contributed by atoms with E-state index in [1.165, 1.54) is 17.7 Å². The van der Waals surface area contributed by atoms with Gasteiger partial charge in [0, 0.05) is 0 Å². The number of thioether (sulfide) groups is 1. The maximum Gasteiger partial charge on any atom is -0.000141 e. The van der Waals surface area contributed by atoms with Gasteiger partial charge in [-0.1, -0.05) is 37.3 Å². The van der Waals surface area contributed by atoms with Gasteiger partial charge >= 0.3 is 0 Å². The molecule has 0 radical (unpaired) electrons. The third-order valence-corrected chi connectivity index (χ3v) is 2.87. The SMILES string of the molecule is CCC(CSC)c1ccccc1. The molecule has 0 nitrogen and oxygen atoms in total. The van der Waals surface area contributed by atoms with Gasteiger partial charge in [0.2, 0.25) is 0 Å². The van der Waals surface area contributed by atoms with Gasteiger partial charge in [0.15, 0.2) is 0 Å². The Morgan fingerprint density at radius 1 is 1.25 bits per heavy atom. The summed E-state index contributed by atoms with van der Waals surface area (Å²) < 4.78 is 0. The molecule has 0 aromatic heterocycles. The van der Waals surface area contributed by atoms with Crippen molar-refractivity contribution in [2.24, 2.45) is 0 Å². The Balaban J connectivity index is 2.66. The summed E-state index contributed by atoms with van der Waals surface area (Å²) in [5, 5.41) is 0. The molecule has 0 heterocycles. The highest BCUT2D eigenvalue weighted by atomic mass is 32.2. The minimum Gasteiger partial charge on any atom is -0.165 e. The fourth-order valence-corrected chi connectivity index (χ4v) is 2.21. The highest BCUT2D eigenvalue weighted by Gasteiger charge is 2.06. The first-order valence-electron chi connectivity index (χ1n) is 4.42. The van der Waals surface area contributed by atoms with Crippen molar-refractivity contribution in [2.45, 2.75) is 19.3 Å². The van der Waals surface area contributed by atoms with E-state index in [4.69, 9.17) is 0 Å². The van der Waals surface area contributed by atoms with Crippen molar-refractivity contribution in [1.82, 2.24) is 0 Å². The Kier molecular flexibility index (Phi) is 4.23. The van der Waals surface area contributed by atoms with Crippen molar-refractivity contribution >= 4 is 11.8 Å². The summed E-state index contributed by atoms with van der Waals surface area (Å²) in [7, 11) is 0. The van der Waals surface area contributed by atoms with Gasteiger partial charge in [0.1, 0.15) is 0 Å². The van der Waals surface area contributed by atoms with E-state index in [2.05, 4.69) is 43.5 Å². The molecule has 0 aliphatic rings. The summed E-state index contributed by atoms with van der Waals surface area (Å²) in [6.07, 6.45) is 3.41. The summed E-state index contributed by atoms with van der Waals surface area (Å²) in [5.41, 5.74) is 1.48. The van der Waals surface area contributed by atoms with Crippen LogP contribution in [-0.2, 0) is 0 Å². The third kappa shape index (κ3) is 2.56. The summed E-state index contributed by atoms with van der Waals surface area (Å²) in [6, 6.07) is 10.8. The van der Waals surface area contributed by atoms with E-state index in [-0.39, 0.29) is 0 Å². The van der Waals surface area contributed by atoms with Gasteiger partial charge in [-0.05, 0) is 29.9 Å². The maximum absolute atomic E-state index is 2.26. The molecule has 1 unspecified atom stereocenters. The smallest absolute Gasteiger partial charge is 0.000141 e. The summed E-state index contributed by atoms with van der Waals surface area (Å²) in [5.74, 6) is 1.97. The van der Waals surface area contributed by atoms with Crippen molar-refractivity contribution < 1.29 is 0 Å². The van der Waals surface area contributed by atoms with E-state index >= 15 is 0 Å². The van der Waals surface area contributed by atoms with Crippen LogP contribution in [0.1, 0.15) is 24.8 Å². The van der Waals surface area contributed by atoms with E-state index in [1.807, 2.05) is 11.8 Å². The van der Waals surface area contributed by atoms with E-state index in [1.54, 1.807) is 0 Å². The first kappa shape index (κ1) is 9.66. The molecule has 1 aromatic carbocycles. The lowest BCUT2D eigenvalue weighted by molar-refractivity contribution is 0.745. The molecule has 66 valence electrons. The van der Waals surface area contributed by atoms with Crippen LogP contribution in [0.5, 0.6) is 0 Å². The molecule has 0 saturated heterocycles. The quantitative estimate of drug-likeness (QED) is 0.683. The fraction of sp³-hybridized carbons (Fsp3) is 0.455. The molecule has 1 heteroatoms. The standard InChI is InChI=1S/C11H16S/c1-3-10(9-12-2)11-7-5-4-6-8-11/h4-8,10H,3,9H2,1-2H3. The van der Waals surface area contributed by atoms with Crippen LogP contribution in [0.4, 0.5) is 0 Å². The van der Waals surface area contributed by atoms with Gasteiger partial charge < -0.3 is 0 Å². The maximum atomic E-state index is 2.26. The van der Waals surface area contributed by atoms with Crippen LogP contribution in [0, 0.1) is 0 Å². The molecule has 0 spiro atoms. The van der Waals surface area contributed by atoms with Crippen LogP contribution in [0.25, 0.3) is 0 Å². The normalized spacial score (nSPS) is 12.8. The van der Waals surface area contributed by atoms with E-state index < -0.39 is 0 Å². The molecule has 0 aliphatic heterocycles. The monoisotopic (exact) mass is 180 g/mol. The number of hydrogen-bond acceptors (Lipinski definition) is 1. The van der Waals surface area contributed by atoms with Gasteiger partial charge in [0.05, 0.1) is 0 Å². The molecule has 0 saturated carbocycles. The summed E-state index contributed by atoms with van der Waals surface area (Å²) >= 11 is 1.93. The molecule has 0 N–H and O–H groups in total. The zero-order valence-electron chi connectivity index (χ0n) is 7.79. The van der Waals surface area contributed by atoms with Gasteiger partial charge in [-0.2, -0.15) is 11.8 Å². The number of rotatable bonds is 4. The fourth-order valence-electron chi connectivity index (χ4n) is 1.38. The average Bonchev–Trinajstić information content (AvgIpc) is 2.15. The van der Waals surface area contributed by atoms with E-state index in [9.17, 15) is 0 Å². The molecule has 0 fully saturated rings. The van der Waals surface area contributed by atoms with Crippen LogP contribution in [0.15, 0.2) is 30.3 Å². The zero-order valence-corrected chi connectivity index (χ0v) is 8.60. The van der Waals surface area contributed by atoms with Crippen molar-refractivity contribution in [3.05, 3.63) is 35.9 Å². The van der Waals surface area contributed by atoms with Crippen molar-refractivity contribution in [1.29, 1.82) is 0 Å². The number of hydrogen-bond donors (Lipinski definition) is 0. The predicted molar refractivity (Wildman–Crippen MR) is 57.9 cm³/mol. The van der Waals surface area contributed by atoms with Crippen LogP contribution in [0.2, 0.25) is 0 Å². The predicted octanol–water partition coefficient (Wildman–Crippen LogP) is 3.54. The highest BCUT2D eigenvalue weighted by Crippen LogP contribution is 2.22. The summed E-state index contributed by atoms with van der Waals surface area (Å²) in [6.45, 7) is 2.26. The highest BCUT2D eigenvalue weighted by molar-refractivity contribution is 7.98. The largest absolute Gasteiger partial charge is 0.165 e. The summed E-state index contributed by atoms with van der Waals surface area (Å²) in [4.78, 5) is 0. The van der Waals surface area contributed by atoms with Gasteiger partial charge in [0.25, 0.3) is 0 Å². The second kappa shape index (κ2) is 5.26. The first-order chi connectivity index (χ1) is 5.88. The Labute approximate surface area is 79.4 Å². The van der Waals surface area contributed by atoms with Crippen molar-refractivity contribution in [3.8, 4) is 0 Å². The molecule has 0 bridgehead atoms. The van der Waals surface area contributed by atoms with Gasteiger partial charge in [-0.15, -0.1) is 0 Å². The van der Waals surface area contributed by atoms with E-state index in [0.29, 0.717) is 0 Å². The minimum atomic E-state index is 0.737. The molecule has 0 amide bonds. The van der Waals surface area contributed by atoms with Gasteiger partial charge in [-0.3, -0.25) is 0 Å². The zero-order chi connectivity index (χ0) is 8.81. The van der Waals surface area contributed by atoms with Crippen LogP contribution < -0.4 is 0 Å². The lowest BCUT2D eigenvalue weighted by Gasteiger charge is -2.12. The molecular formula is C11H16S. The average molecular weight is 180 g/mol. The Morgan fingerprint density at radius 3 is 2.42 bits per heavy atom. The molecule has 12 heavy (non-hydrogen) atoms. The van der Waals surface area contributed by atoms with Crippen LogP contribution in [-0.4, -0.2) is 12.0 Å². The lowest BCUT2D eigenvalue weighted by Crippen LogP contribution is -1.99. The third-order valence-electron chi connectivity index (χ3n) is 2.13. The van der Waals surface area contributed by atoms with Crippen LogP contribution in [0.3, 0.4) is 0 Å². The Morgan fingerprint density at radius 2 is 1.92 bits per heavy atom. The Bertz CT molecular complexity index is 206. The lowest BCUT2D eigenvalue weighted by atomic mass is 9.99. The topological polar surface area (TPSA) is 0 Å². The van der Waals surface area contributed by atoms with Crippen molar-refractivity contribution in [3.63, 3.8) is 0 Å². The minimum absolute atomic E-state index is 0.737. The van der Waals surface area contributed by atoms with E-state index in [0.717, 1.165) is 5.92 Å². The van der Waals surface area contributed by atoms with Crippen LogP contribution >= 0.6 is 11.8 Å². The number of benzene rings is 1. The molecular weight excluding hydrogens is 164 g/mol. The van der Waals surface area contributed by atoms with Crippen molar-refractivity contribution in [2.75, 3.05) is 12.0 Å². The second-order valence-electron chi connectivity index (χ2n) is 2.97. The second-order valence-corrected chi connectivity index (χ2v) is 3.88. The molecule has 1 aromatic rings.